The van der Waals surface area contributed by atoms with Gasteiger partial charge in [-0.05, 0) is 42.9 Å². The topological polar surface area (TPSA) is 62.1 Å². The molecular weight excluding hydrogens is 382 g/mol. The van der Waals surface area contributed by atoms with E-state index >= 15 is 0 Å². The number of furan rings is 1. The third-order valence-corrected chi connectivity index (χ3v) is 7.50. The van der Waals surface area contributed by atoms with E-state index in [1.165, 1.54) is 12.8 Å². The monoisotopic (exact) mass is 399 g/mol. The van der Waals surface area contributed by atoms with Crippen LogP contribution in [-0.4, -0.2) is 27.5 Å². The highest BCUT2D eigenvalue weighted by atomic mass is 79.9. The predicted octanol–water partition coefficient (Wildman–Crippen LogP) is 3.66. The first-order valence-electron chi connectivity index (χ1n) is 8.93. The van der Waals surface area contributed by atoms with Crippen molar-refractivity contribution in [1.82, 2.24) is 14.9 Å². The van der Waals surface area contributed by atoms with Gasteiger partial charge in [-0.15, -0.1) is 0 Å². The summed E-state index contributed by atoms with van der Waals surface area (Å²) in [6, 6.07) is 6.42. The van der Waals surface area contributed by atoms with Crippen LogP contribution in [0.15, 0.2) is 31.9 Å². The van der Waals surface area contributed by atoms with Gasteiger partial charge < -0.3 is 9.40 Å². The van der Waals surface area contributed by atoms with Crippen LogP contribution in [0.5, 0.6) is 0 Å². The maximum Gasteiger partial charge on any atom is 0.294 e. The Morgan fingerprint density at radius 3 is 3.16 bits per heavy atom. The van der Waals surface area contributed by atoms with Crippen LogP contribution in [0.1, 0.15) is 25.6 Å². The van der Waals surface area contributed by atoms with Gasteiger partial charge in [-0.1, -0.05) is 22.9 Å². The molecule has 1 saturated heterocycles. The molecule has 3 aliphatic rings. The van der Waals surface area contributed by atoms with Gasteiger partial charge in [0.2, 0.25) is 5.58 Å². The fourth-order valence-corrected chi connectivity index (χ4v) is 6.14. The minimum absolute atomic E-state index is 0.188. The van der Waals surface area contributed by atoms with Crippen molar-refractivity contribution < 1.29 is 4.42 Å². The van der Waals surface area contributed by atoms with Gasteiger partial charge in [-0.3, -0.25) is 9.69 Å². The van der Waals surface area contributed by atoms with Gasteiger partial charge in [0.15, 0.2) is 0 Å². The minimum atomic E-state index is -0.188. The number of likely N-dealkylation sites (tertiary alicyclic amines) is 1. The number of aromatic amines is 1. The number of aromatic nitrogens is 2. The number of nitrogens with one attached hydrogen (secondary N) is 1. The number of halogens is 1. The number of rotatable bonds is 2. The highest BCUT2D eigenvalue weighted by molar-refractivity contribution is 9.10. The zero-order chi connectivity index (χ0) is 16.9. The molecule has 6 heteroatoms. The third-order valence-electron chi connectivity index (χ3n) is 7.01. The van der Waals surface area contributed by atoms with Crippen molar-refractivity contribution in [3.63, 3.8) is 0 Å². The molecule has 4 atom stereocenters. The molecule has 1 N–H and O–H groups in total. The van der Waals surface area contributed by atoms with Crippen LogP contribution >= 0.6 is 15.9 Å². The maximum atomic E-state index is 12.5. The Morgan fingerprint density at radius 1 is 1.44 bits per heavy atom. The van der Waals surface area contributed by atoms with E-state index in [0.717, 1.165) is 40.6 Å². The number of H-pyrrole nitrogens is 1. The van der Waals surface area contributed by atoms with Gasteiger partial charge >= 0.3 is 0 Å². The molecule has 3 fully saturated rings. The molecule has 0 radical (unpaired) electrons. The molecular formula is C19H18BrN3O2. The Kier molecular flexibility index (Phi) is 2.63. The van der Waals surface area contributed by atoms with Gasteiger partial charge in [0.1, 0.15) is 16.9 Å². The van der Waals surface area contributed by atoms with Gasteiger partial charge in [-0.25, -0.2) is 4.98 Å². The van der Waals surface area contributed by atoms with E-state index in [0.29, 0.717) is 28.1 Å². The molecule has 128 valence electrons. The summed E-state index contributed by atoms with van der Waals surface area (Å²) in [4.78, 5) is 22.6. The lowest BCUT2D eigenvalue weighted by Crippen LogP contribution is -2.57. The highest BCUT2D eigenvalue weighted by Gasteiger charge is 2.75. The van der Waals surface area contributed by atoms with Crippen molar-refractivity contribution in [3.8, 4) is 0 Å². The largest absolute Gasteiger partial charge is 0.449 e. The highest BCUT2D eigenvalue weighted by Crippen LogP contribution is 2.74. The van der Waals surface area contributed by atoms with Crippen molar-refractivity contribution in [2.45, 2.75) is 32.4 Å². The molecule has 2 aromatic heterocycles. The lowest BCUT2D eigenvalue weighted by atomic mass is 9.83. The number of hydrogen-bond acceptors (Lipinski definition) is 4. The molecule has 3 heterocycles. The minimum Gasteiger partial charge on any atom is -0.449 e. The van der Waals surface area contributed by atoms with E-state index in [9.17, 15) is 4.79 Å². The second kappa shape index (κ2) is 4.54. The zero-order valence-corrected chi connectivity index (χ0v) is 15.5. The summed E-state index contributed by atoms with van der Waals surface area (Å²) in [6.07, 6.45) is 2.66. The van der Waals surface area contributed by atoms with Crippen molar-refractivity contribution in [3.05, 3.63) is 38.9 Å². The Hall–Kier alpha value is -1.66. The lowest BCUT2D eigenvalue weighted by molar-refractivity contribution is -0.0135. The summed E-state index contributed by atoms with van der Waals surface area (Å²) in [5.74, 6) is 2.57. The first kappa shape index (κ1) is 14.5. The van der Waals surface area contributed by atoms with Crippen LogP contribution in [0.3, 0.4) is 0 Å². The maximum absolute atomic E-state index is 12.5. The average molecular weight is 400 g/mol. The summed E-state index contributed by atoms with van der Waals surface area (Å²) in [7, 11) is 0. The Labute approximate surface area is 152 Å². The van der Waals surface area contributed by atoms with E-state index in [4.69, 9.17) is 9.40 Å². The molecule has 0 amide bonds. The van der Waals surface area contributed by atoms with Crippen LogP contribution in [0.25, 0.3) is 22.1 Å². The molecule has 0 bridgehead atoms. The predicted molar refractivity (Wildman–Crippen MR) is 98.4 cm³/mol. The third kappa shape index (κ3) is 1.72. The molecule has 1 aromatic carbocycles. The van der Waals surface area contributed by atoms with Gasteiger partial charge in [0, 0.05) is 27.9 Å². The Bertz CT molecular complexity index is 1100. The zero-order valence-electron chi connectivity index (χ0n) is 13.9. The van der Waals surface area contributed by atoms with Crippen LogP contribution in [0, 0.1) is 17.3 Å². The smallest absolute Gasteiger partial charge is 0.294 e. The fourth-order valence-electron chi connectivity index (χ4n) is 5.77. The average Bonchev–Trinajstić information content (AvgIpc) is 2.89. The molecule has 3 unspecified atom stereocenters. The lowest BCUT2D eigenvalue weighted by Gasteiger charge is -2.48. The number of benzene rings is 1. The van der Waals surface area contributed by atoms with Crippen LogP contribution < -0.4 is 5.56 Å². The van der Waals surface area contributed by atoms with Crippen LogP contribution in [0.2, 0.25) is 0 Å². The van der Waals surface area contributed by atoms with Gasteiger partial charge in [0.25, 0.3) is 5.56 Å². The summed E-state index contributed by atoms with van der Waals surface area (Å²) in [5.41, 5.74) is 2.08. The summed E-state index contributed by atoms with van der Waals surface area (Å²) in [6.45, 7) is 4.27. The summed E-state index contributed by atoms with van der Waals surface area (Å²) < 4.78 is 6.66. The molecule has 2 saturated carbocycles. The van der Waals surface area contributed by atoms with E-state index < -0.39 is 0 Å². The van der Waals surface area contributed by atoms with Crippen molar-refractivity contribution in [2.75, 3.05) is 6.54 Å². The SMILES string of the molecule is C[C@H]1C2CCC3N(Cc4nc5c(oc6ccc(Br)cc65)c(=O)[nH]4)CC231. The molecule has 3 aromatic rings. The second-order valence-corrected chi connectivity index (χ2v) is 8.85. The van der Waals surface area contributed by atoms with Crippen molar-refractivity contribution >= 4 is 38.0 Å². The summed E-state index contributed by atoms with van der Waals surface area (Å²) in [5, 5.41) is 0.883. The van der Waals surface area contributed by atoms with Crippen LogP contribution in [0.4, 0.5) is 0 Å². The Morgan fingerprint density at radius 2 is 2.32 bits per heavy atom. The van der Waals surface area contributed by atoms with Gasteiger partial charge in [-0.2, -0.15) is 0 Å². The number of nitrogens with zero attached hydrogens (tertiary/aromatic N) is 2. The number of fused-ring (bicyclic) bond motifs is 3. The summed E-state index contributed by atoms with van der Waals surface area (Å²) >= 11 is 3.48. The molecule has 25 heavy (non-hydrogen) atoms. The fraction of sp³-hybridized carbons (Fsp3) is 0.474. The van der Waals surface area contributed by atoms with E-state index in [1.54, 1.807) is 0 Å². The van der Waals surface area contributed by atoms with E-state index in [2.05, 4.69) is 32.7 Å². The van der Waals surface area contributed by atoms with Crippen molar-refractivity contribution in [2.24, 2.45) is 17.3 Å². The Balaban J connectivity index is 1.39. The molecule has 5 nitrogen and oxygen atoms in total. The first-order valence-corrected chi connectivity index (χ1v) is 9.72. The normalized spacial score (nSPS) is 33.4. The van der Waals surface area contributed by atoms with E-state index in [-0.39, 0.29) is 5.56 Å². The second-order valence-electron chi connectivity index (χ2n) is 7.94. The molecule has 6 rings (SSSR count). The quantitative estimate of drug-likeness (QED) is 0.713. The molecule has 1 spiro atoms. The first-order chi connectivity index (χ1) is 12.1. The number of hydrogen-bond donors (Lipinski definition) is 1. The van der Waals surface area contributed by atoms with Crippen molar-refractivity contribution in [1.29, 1.82) is 0 Å². The standard InChI is InChI=1S/C19H18BrN3O2/c1-9-12-3-5-14-19(9,12)8-23(14)7-15-21-16-11-6-10(20)2-4-13(11)25-17(16)18(24)22-15/h2,4,6,9,12,14H,3,5,7-8H2,1H3,(H,21,22,24)/t9-,12?,14?,19?/m0/s1. The van der Waals surface area contributed by atoms with Crippen LogP contribution in [-0.2, 0) is 6.54 Å². The molecule has 2 aliphatic carbocycles. The van der Waals surface area contributed by atoms with Gasteiger partial charge in [0.05, 0.1) is 6.54 Å². The molecule has 1 aliphatic heterocycles. The van der Waals surface area contributed by atoms with E-state index in [1.807, 2.05) is 18.2 Å².